The first-order chi connectivity index (χ1) is 9.02. The Morgan fingerprint density at radius 2 is 2.16 bits per heavy atom. The lowest BCUT2D eigenvalue weighted by molar-refractivity contribution is 0.0600. The van der Waals surface area contributed by atoms with Crippen LogP contribution >= 0.6 is 0 Å². The van der Waals surface area contributed by atoms with Crippen molar-refractivity contribution >= 4 is 11.7 Å². The predicted molar refractivity (Wildman–Crippen MR) is 73.0 cm³/mol. The molecule has 0 saturated heterocycles. The monoisotopic (exact) mass is 259 g/mol. The van der Waals surface area contributed by atoms with E-state index in [1.165, 1.54) is 7.11 Å². The van der Waals surface area contributed by atoms with Crippen molar-refractivity contribution in [3.05, 3.63) is 46.8 Å². The number of carbonyl (C=O) groups excluding carboxylic acids is 1. The van der Waals surface area contributed by atoms with E-state index in [9.17, 15) is 4.79 Å². The zero-order valence-corrected chi connectivity index (χ0v) is 11.3. The summed E-state index contributed by atoms with van der Waals surface area (Å²) in [5.74, 6) is -0.338. The fourth-order valence-corrected chi connectivity index (χ4v) is 1.95. The van der Waals surface area contributed by atoms with Crippen LogP contribution in [0, 0.1) is 13.8 Å². The van der Waals surface area contributed by atoms with Gasteiger partial charge >= 0.3 is 5.97 Å². The van der Waals surface area contributed by atoms with Gasteiger partial charge in [0.2, 0.25) is 0 Å². The Morgan fingerprint density at radius 3 is 2.74 bits per heavy atom. The van der Waals surface area contributed by atoms with Crippen LogP contribution in [0.25, 0.3) is 0 Å². The van der Waals surface area contributed by atoms with Gasteiger partial charge in [0.25, 0.3) is 0 Å². The van der Waals surface area contributed by atoms with Crippen LogP contribution in [-0.4, -0.2) is 22.9 Å². The Hall–Kier alpha value is -2.30. The van der Waals surface area contributed by atoms with Gasteiger partial charge in [0.05, 0.1) is 36.3 Å². The molecule has 0 aliphatic rings. The number of hydrogen-bond donors (Lipinski definition) is 1. The van der Waals surface area contributed by atoms with Gasteiger partial charge in [0.15, 0.2) is 0 Å². The molecular formula is C14H17N3O2. The topological polar surface area (TPSA) is 70.1 Å². The van der Waals surface area contributed by atoms with E-state index >= 15 is 0 Å². The van der Waals surface area contributed by atoms with Crippen molar-refractivity contribution in [2.24, 2.45) is 0 Å². The number of hydrogen-bond acceptors (Lipinski definition) is 4. The van der Waals surface area contributed by atoms with E-state index < -0.39 is 0 Å². The molecule has 100 valence electrons. The molecule has 1 heterocycles. The summed E-state index contributed by atoms with van der Waals surface area (Å²) in [5, 5.41) is 4.38. The molecule has 19 heavy (non-hydrogen) atoms. The summed E-state index contributed by atoms with van der Waals surface area (Å²) in [6.45, 7) is 4.39. The summed E-state index contributed by atoms with van der Waals surface area (Å²) >= 11 is 0. The van der Waals surface area contributed by atoms with Crippen molar-refractivity contribution in [2.45, 2.75) is 20.4 Å². The van der Waals surface area contributed by atoms with E-state index in [1.54, 1.807) is 12.1 Å². The molecular weight excluding hydrogens is 242 g/mol. The number of aromatic nitrogens is 2. The lowest BCUT2D eigenvalue weighted by Gasteiger charge is -2.06. The zero-order valence-electron chi connectivity index (χ0n) is 11.3. The molecule has 2 N–H and O–H groups in total. The van der Waals surface area contributed by atoms with Crippen molar-refractivity contribution in [1.29, 1.82) is 0 Å². The van der Waals surface area contributed by atoms with Gasteiger partial charge in [-0.05, 0) is 31.5 Å². The number of carbonyl (C=O) groups is 1. The summed E-state index contributed by atoms with van der Waals surface area (Å²) in [6, 6.07) is 7.30. The Kier molecular flexibility index (Phi) is 3.55. The summed E-state index contributed by atoms with van der Waals surface area (Å²) in [6.07, 6.45) is 0. The summed E-state index contributed by atoms with van der Waals surface area (Å²) in [4.78, 5) is 11.5. The first kappa shape index (κ1) is 13.1. The molecule has 0 aliphatic carbocycles. The lowest BCUT2D eigenvalue weighted by atomic mass is 10.1. The molecule has 0 unspecified atom stereocenters. The number of anilines is 1. The highest BCUT2D eigenvalue weighted by Crippen LogP contribution is 2.16. The molecule has 5 heteroatoms. The molecule has 2 aromatic rings. The van der Waals surface area contributed by atoms with E-state index in [2.05, 4.69) is 5.10 Å². The number of aryl methyl sites for hydroxylation is 1. The second kappa shape index (κ2) is 5.14. The lowest BCUT2D eigenvalue weighted by Crippen LogP contribution is -2.06. The molecule has 5 nitrogen and oxygen atoms in total. The van der Waals surface area contributed by atoms with Gasteiger partial charge in [-0.2, -0.15) is 5.10 Å². The molecule has 0 radical (unpaired) electrons. The third-order valence-corrected chi connectivity index (χ3v) is 3.12. The maximum Gasteiger partial charge on any atom is 0.337 e. The second-order valence-electron chi connectivity index (χ2n) is 4.43. The van der Waals surface area contributed by atoms with E-state index in [1.807, 2.05) is 30.7 Å². The molecule has 2 rings (SSSR count). The molecule has 1 aromatic carbocycles. The highest BCUT2D eigenvalue weighted by atomic mass is 16.5. The van der Waals surface area contributed by atoms with E-state index in [4.69, 9.17) is 10.5 Å². The number of rotatable bonds is 3. The third kappa shape index (κ3) is 2.59. The molecule has 0 fully saturated rings. The van der Waals surface area contributed by atoms with Crippen molar-refractivity contribution in [3.63, 3.8) is 0 Å². The minimum Gasteiger partial charge on any atom is -0.465 e. The maximum absolute atomic E-state index is 11.5. The number of nitrogens with zero attached hydrogens (tertiary/aromatic N) is 2. The van der Waals surface area contributed by atoms with Gasteiger partial charge in [-0.15, -0.1) is 0 Å². The summed E-state index contributed by atoms with van der Waals surface area (Å²) in [7, 11) is 1.37. The first-order valence-corrected chi connectivity index (χ1v) is 5.99. The van der Waals surface area contributed by atoms with Gasteiger partial charge in [-0.3, -0.25) is 4.68 Å². The molecule has 0 saturated carbocycles. The highest BCUT2D eigenvalue weighted by molar-refractivity contribution is 5.89. The van der Waals surface area contributed by atoms with Gasteiger partial charge in [0, 0.05) is 0 Å². The number of esters is 1. The highest BCUT2D eigenvalue weighted by Gasteiger charge is 2.10. The molecule has 0 spiro atoms. The minimum atomic E-state index is -0.338. The largest absolute Gasteiger partial charge is 0.465 e. The quantitative estimate of drug-likeness (QED) is 0.855. The van der Waals surface area contributed by atoms with E-state index in [0.29, 0.717) is 17.8 Å². The predicted octanol–water partition coefficient (Wildman–Crippen LogP) is 1.92. The van der Waals surface area contributed by atoms with E-state index in [0.717, 1.165) is 17.0 Å². The van der Waals surface area contributed by atoms with Gasteiger partial charge in [0.1, 0.15) is 0 Å². The Labute approximate surface area is 112 Å². The minimum absolute atomic E-state index is 0.338. The van der Waals surface area contributed by atoms with Crippen LogP contribution in [0.1, 0.15) is 27.3 Å². The molecule has 0 atom stereocenters. The normalized spacial score (nSPS) is 10.5. The fourth-order valence-electron chi connectivity index (χ4n) is 1.95. The molecule has 0 bridgehead atoms. The number of nitrogens with two attached hydrogens (primary N) is 1. The molecule has 0 amide bonds. The number of methoxy groups -OCH3 is 1. The van der Waals surface area contributed by atoms with Crippen LogP contribution in [0.15, 0.2) is 24.3 Å². The molecule has 1 aromatic heterocycles. The van der Waals surface area contributed by atoms with Gasteiger partial charge in [-0.25, -0.2) is 4.79 Å². The zero-order chi connectivity index (χ0) is 14.0. The summed E-state index contributed by atoms with van der Waals surface area (Å²) < 4.78 is 6.54. The first-order valence-electron chi connectivity index (χ1n) is 5.99. The van der Waals surface area contributed by atoms with Gasteiger partial charge in [-0.1, -0.05) is 12.1 Å². The SMILES string of the molecule is COC(=O)c1cccc(Cn2nc(C)c(N)c2C)c1. The Bertz CT molecular complexity index is 617. The van der Waals surface area contributed by atoms with Gasteiger partial charge < -0.3 is 10.5 Å². The smallest absolute Gasteiger partial charge is 0.337 e. The van der Waals surface area contributed by atoms with Crippen molar-refractivity contribution in [2.75, 3.05) is 12.8 Å². The van der Waals surface area contributed by atoms with Crippen LogP contribution in [-0.2, 0) is 11.3 Å². The summed E-state index contributed by atoms with van der Waals surface area (Å²) in [5.41, 5.74) is 9.88. The second-order valence-corrected chi connectivity index (χ2v) is 4.43. The van der Waals surface area contributed by atoms with Crippen LogP contribution in [0.3, 0.4) is 0 Å². The number of nitrogen functional groups attached to an aromatic ring is 1. The standard InChI is InChI=1S/C14H17N3O2/c1-9-13(15)10(2)17(16-9)8-11-5-4-6-12(7-11)14(18)19-3/h4-7H,8,15H2,1-3H3. The van der Waals surface area contributed by atoms with Crippen LogP contribution in [0.4, 0.5) is 5.69 Å². The molecule has 0 aliphatic heterocycles. The Balaban J connectivity index is 2.28. The maximum atomic E-state index is 11.5. The number of ether oxygens (including phenoxy) is 1. The average Bonchev–Trinajstić information content (AvgIpc) is 2.66. The van der Waals surface area contributed by atoms with Crippen molar-refractivity contribution in [1.82, 2.24) is 9.78 Å². The fraction of sp³-hybridized carbons (Fsp3) is 0.286. The number of benzene rings is 1. The van der Waals surface area contributed by atoms with Crippen LogP contribution in [0.2, 0.25) is 0 Å². The van der Waals surface area contributed by atoms with Crippen LogP contribution < -0.4 is 5.73 Å². The van der Waals surface area contributed by atoms with Crippen molar-refractivity contribution < 1.29 is 9.53 Å². The third-order valence-electron chi connectivity index (χ3n) is 3.12. The van der Waals surface area contributed by atoms with E-state index in [-0.39, 0.29) is 5.97 Å². The average molecular weight is 259 g/mol. The van der Waals surface area contributed by atoms with Crippen LogP contribution in [0.5, 0.6) is 0 Å². The Morgan fingerprint density at radius 1 is 1.42 bits per heavy atom. The van der Waals surface area contributed by atoms with Crippen molar-refractivity contribution in [3.8, 4) is 0 Å².